The number of aliphatic carboxylic acids is 1. The van der Waals surface area contributed by atoms with Crippen LogP contribution in [0.25, 0.3) is 0 Å². The molecule has 6 N–H and O–H groups in total. The Balaban J connectivity index is 0.000000421. The standard InChI is InChI=1S/C13H18.C2H4O2.CH5N3/c1-3-10-7-11(4-2)9-13(8-10)12-5-6-12;1-2(3)4;2-1(3)4/h7-9,12H,3-6H2,1-2H3;1H3,(H,3,4);(H5,2,3,4). The molecule has 0 saturated heterocycles. The van der Waals surface area contributed by atoms with Crippen molar-refractivity contribution in [2.24, 2.45) is 11.5 Å². The lowest BCUT2D eigenvalue weighted by Crippen LogP contribution is -2.20. The van der Waals surface area contributed by atoms with Crippen LogP contribution in [0.2, 0.25) is 0 Å². The highest BCUT2D eigenvalue weighted by molar-refractivity contribution is 5.71. The van der Waals surface area contributed by atoms with E-state index in [9.17, 15) is 0 Å². The van der Waals surface area contributed by atoms with Gasteiger partial charge in [0.2, 0.25) is 0 Å². The van der Waals surface area contributed by atoms with Gasteiger partial charge in [-0.1, -0.05) is 32.0 Å². The Kier molecular flexibility index (Phi) is 8.85. The van der Waals surface area contributed by atoms with Gasteiger partial charge in [0.25, 0.3) is 5.97 Å². The van der Waals surface area contributed by atoms with Crippen LogP contribution < -0.4 is 11.5 Å². The molecule has 0 aromatic heterocycles. The van der Waals surface area contributed by atoms with E-state index in [4.69, 9.17) is 15.3 Å². The summed E-state index contributed by atoms with van der Waals surface area (Å²) in [5.74, 6) is -0.267. The van der Waals surface area contributed by atoms with E-state index in [0.717, 1.165) is 12.8 Å². The molecule has 1 aromatic carbocycles. The van der Waals surface area contributed by atoms with Crippen LogP contribution in [0.4, 0.5) is 0 Å². The third-order valence-corrected chi connectivity index (χ3v) is 2.94. The highest BCUT2D eigenvalue weighted by Crippen LogP contribution is 2.40. The number of hydrogen-bond acceptors (Lipinski definition) is 2. The number of carboxylic acids is 1. The Morgan fingerprint density at radius 1 is 1.19 bits per heavy atom. The van der Waals surface area contributed by atoms with E-state index < -0.39 is 5.97 Å². The summed E-state index contributed by atoms with van der Waals surface area (Å²) in [4.78, 5) is 9.00. The van der Waals surface area contributed by atoms with Crippen molar-refractivity contribution < 1.29 is 9.90 Å². The molecule has 1 saturated carbocycles. The van der Waals surface area contributed by atoms with E-state index in [-0.39, 0.29) is 5.96 Å². The molecule has 1 aliphatic rings. The number of benzene rings is 1. The number of carboxylic acid groups (broad SMARTS) is 1. The number of rotatable bonds is 3. The zero-order valence-corrected chi connectivity index (χ0v) is 13.1. The van der Waals surface area contributed by atoms with Crippen LogP contribution in [0.5, 0.6) is 0 Å². The van der Waals surface area contributed by atoms with Crippen molar-refractivity contribution in [3.63, 3.8) is 0 Å². The maximum Gasteiger partial charge on any atom is 0.300 e. The molecule has 0 aliphatic heterocycles. The minimum absolute atomic E-state index is 0.333. The summed E-state index contributed by atoms with van der Waals surface area (Å²) in [7, 11) is 0. The molecule has 0 heterocycles. The van der Waals surface area contributed by atoms with Gasteiger partial charge in [0.1, 0.15) is 0 Å². The lowest BCUT2D eigenvalue weighted by Gasteiger charge is -2.06. The Labute approximate surface area is 126 Å². The molecule has 5 nitrogen and oxygen atoms in total. The molecule has 0 radical (unpaired) electrons. The summed E-state index contributed by atoms with van der Waals surface area (Å²) < 4.78 is 0. The maximum atomic E-state index is 9.00. The molecule has 5 heteroatoms. The van der Waals surface area contributed by atoms with E-state index in [2.05, 4.69) is 43.5 Å². The average Bonchev–Trinajstić information content (AvgIpc) is 3.21. The first-order valence-electron chi connectivity index (χ1n) is 7.21. The number of hydrogen-bond donors (Lipinski definition) is 4. The largest absolute Gasteiger partial charge is 0.481 e. The first-order chi connectivity index (χ1) is 9.79. The monoisotopic (exact) mass is 293 g/mol. The molecule has 0 bridgehead atoms. The summed E-state index contributed by atoms with van der Waals surface area (Å²) in [6.07, 6.45) is 5.17. The molecular weight excluding hydrogens is 266 g/mol. The van der Waals surface area contributed by atoms with Gasteiger partial charge in [-0.25, -0.2) is 0 Å². The fraction of sp³-hybridized carbons (Fsp3) is 0.500. The summed E-state index contributed by atoms with van der Waals surface area (Å²) in [6.45, 7) is 5.57. The molecule has 21 heavy (non-hydrogen) atoms. The first-order valence-corrected chi connectivity index (χ1v) is 7.21. The van der Waals surface area contributed by atoms with E-state index >= 15 is 0 Å². The first kappa shape index (κ1) is 19.0. The fourth-order valence-corrected chi connectivity index (χ4v) is 1.85. The SMILES string of the molecule is CC(=O)O.CCc1cc(CC)cc(C2CC2)c1.N=C(N)N. The minimum Gasteiger partial charge on any atom is -0.481 e. The lowest BCUT2D eigenvalue weighted by atomic mass is 10.00. The average molecular weight is 293 g/mol. The molecule has 1 fully saturated rings. The van der Waals surface area contributed by atoms with Crippen LogP contribution in [0.15, 0.2) is 18.2 Å². The van der Waals surface area contributed by atoms with Crippen LogP contribution in [0.1, 0.15) is 56.2 Å². The molecule has 2 rings (SSSR count). The zero-order chi connectivity index (χ0) is 16.4. The van der Waals surface area contributed by atoms with Gasteiger partial charge in [0.05, 0.1) is 0 Å². The van der Waals surface area contributed by atoms with Crippen molar-refractivity contribution >= 4 is 11.9 Å². The van der Waals surface area contributed by atoms with Gasteiger partial charge in [0, 0.05) is 6.92 Å². The molecule has 0 amide bonds. The van der Waals surface area contributed by atoms with Crippen molar-refractivity contribution in [2.45, 2.75) is 52.4 Å². The van der Waals surface area contributed by atoms with Crippen LogP contribution in [0, 0.1) is 5.41 Å². The highest BCUT2D eigenvalue weighted by atomic mass is 16.4. The summed E-state index contributed by atoms with van der Waals surface area (Å²) >= 11 is 0. The second-order valence-corrected chi connectivity index (χ2v) is 5.04. The van der Waals surface area contributed by atoms with Crippen LogP contribution in [-0.2, 0) is 17.6 Å². The summed E-state index contributed by atoms with van der Waals surface area (Å²) in [5, 5.41) is 13.5. The lowest BCUT2D eigenvalue weighted by molar-refractivity contribution is -0.134. The normalized spacial score (nSPS) is 12.3. The molecule has 118 valence electrons. The predicted molar refractivity (Wildman–Crippen MR) is 86.6 cm³/mol. The van der Waals surface area contributed by atoms with Crippen molar-refractivity contribution in [3.8, 4) is 0 Å². The minimum atomic E-state index is -0.833. The molecular formula is C16H27N3O2. The Morgan fingerprint density at radius 3 is 1.76 bits per heavy atom. The van der Waals surface area contributed by atoms with Gasteiger partial charge in [-0.2, -0.15) is 0 Å². The number of aryl methyl sites for hydroxylation is 2. The van der Waals surface area contributed by atoms with Crippen LogP contribution in [0.3, 0.4) is 0 Å². The van der Waals surface area contributed by atoms with E-state index in [0.29, 0.717) is 0 Å². The van der Waals surface area contributed by atoms with Gasteiger partial charge in [-0.05, 0) is 48.3 Å². The predicted octanol–water partition coefficient (Wildman–Crippen LogP) is 2.62. The van der Waals surface area contributed by atoms with Crippen molar-refractivity contribution in [1.82, 2.24) is 0 Å². The van der Waals surface area contributed by atoms with Gasteiger partial charge < -0.3 is 16.6 Å². The van der Waals surface area contributed by atoms with Crippen molar-refractivity contribution in [1.29, 1.82) is 5.41 Å². The number of nitrogens with one attached hydrogen (secondary N) is 1. The van der Waals surface area contributed by atoms with Gasteiger partial charge in [-0.3, -0.25) is 10.2 Å². The highest BCUT2D eigenvalue weighted by Gasteiger charge is 2.23. The second kappa shape index (κ2) is 9.80. The number of guanidine groups is 1. The smallest absolute Gasteiger partial charge is 0.300 e. The fourth-order valence-electron chi connectivity index (χ4n) is 1.85. The Morgan fingerprint density at radius 2 is 1.52 bits per heavy atom. The van der Waals surface area contributed by atoms with Crippen molar-refractivity contribution in [3.05, 3.63) is 34.9 Å². The molecule has 1 aliphatic carbocycles. The quantitative estimate of drug-likeness (QED) is 0.506. The van der Waals surface area contributed by atoms with E-state index in [1.807, 2.05) is 0 Å². The van der Waals surface area contributed by atoms with Crippen LogP contribution in [-0.4, -0.2) is 17.0 Å². The topological polar surface area (TPSA) is 113 Å². The molecule has 1 aromatic rings. The summed E-state index contributed by atoms with van der Waals surface area (Å²) in [5.41, 5.74) is 13.6. The number of nitrogens with two attached hydrogens (primary N) is 2. The Bertz CT molecular complexity index is 426. The van der Waals surface area contributed by atoms with E-state index in [1.54, 1.807) is 5.56 Å². The van der Waals surface area contributed by atoms with E-state index in [1.165, 1.54) is 36.8 Å². The van der Waals surface area contributed by atoms with Crippen molar-refractivity contribution in [2.75, 3.05) is 0 Å². The maximum absolute atomic E-state index is 9.00. The van der Waals surface area contributed by atoms with Crippen LogP contribution >= 0.6 is 0 Å². The zero-order valence-electron chi connectivity index (χ0n) is 13.1. The second-order valence-electron chi connectivity index (χ2n) is 5.04. The Hall–Kier alpha value is -2.04. The number of carbonyl (C=O) groups is 1. The molecule has 0 atom stereocenters. The van der Waals surface area contributed by atoms with Gasteiger partial charge >= 0.3 is 0 Å². The molecule has 0 unspecified atom stereocenters. The summed E-state index contributed by atoms with van der Waals surface area (Å²) in [6, 6.07) is 7.15. The van der Waals surface area contributed by atoms with Gasteiger partial charge in [0.15, 0.2) is 5.96 Å². The third-order valence-electron chi connectivity index (χ3n) is 2.94. The van der Waals surface area contributed by atoms with Gasteiger partial charge in [-0.15, -0.1) is 0 Å². The third kappa shape index (κ3) is 10.4. The molecule has 0 spiro atoms.